The number of ether oxygens (including phenoxy) is 2. The van der Waals surface area contributed by atoms with Gasteiger partial charge in [0.1, 0.15) is 11.5 Å². The summed E-state index contributed by atoms with van der Waals surface area (Å²) in [6.45, 7) is 3.83. The minimum atomic E-state index is 0.327. The van der Waals surface area contributed by atoms with Crippen LogP contribution in [0.1, 0.15) is 24.9 Å². The van der Waals surface area contributed by atoms with Gasteiger partial charge in [0.05, 0.1) is 13.7 Å². The molecule has 2 rings (SSSR count). The molecule has 0 aromatic heterocycles. The Labute approximate surface area is 126 Å². The monoisotopic (exact) mass is 285 g/mol. The molecule has 2 aromatic rings. The highest BCUT2D eigenvalue weighted by Gasteiger charge is 2.04. The molecule has 21 heavy (non-hydrogen) atoms. The molecule has 0 amide bonds. The van der Waals surface area contributed by atoms with E-state index in [9.17, 15) is 0 Å². The molecule has 3 nitrogen and oxygen atoms in total. The molecule has 112 valence electrons. The van der Waals surface area contributed by atoms with Crippen molar-refractivity contribution < 1.29 is 9.47 Å². The fraction of sp³-hybridized carbons (Fsp3) is 0.333. The number of benzene rings is 2. The summed E-state index contributed by atoms with van der Waals surface area (Å²) < 4.78 is 10.8. The summed E-state index contributed by atoms with van der Waals surface area (Å²) in [4.78, 5) is 0. The lowest BCUT2D eigenvalue weighted by Crippen LogP contribution is -2.21. The molecule has 0 aliphatic rings. The fourth-order valence-electron chi connectivity index (χ4n) is 2.11. The molecule has 0 bridgehead atoms. The van der Waals surface area contributed by atoms with Crippen LogP contribution < -0.4 is 14.8 Å². The average molecular weight is 285 g/mol. The number of rotatable bonds is 8. The zero-order valence-electron chi connectivity index (χ0n) is 12.7. The number of hydrogen-bond acceptors (Lipinski definition) is 3. The highest BCUT2D eigenvalue weighted by atomic mass is 16.5. The molecule has 0 saturated carbocycles. The quantitative estimate of drug-likeness (QED) is 0.748. The van der Waals surface area contributed by atoms with Crippen molar-refractivity contribution >= 4 is 0 Å². The van der Waals surface area contributed by atoms with E-state index in [1.807, 2.05) is 42.5 Å². The SMILES string of the molecule is COc1ccc(C(C)NCCCOc2ccccc2)cc1. The van der Waals surface area contributed by atoms with Gasteiger partial charge in [-0.15, -0.1) is 0 Å². The van der Waals surface area contributed by atoms with Crippen LogP contribution >= 0.6 is 0 Å². The Balaban J connectivity index is 1.65. The molecular formula is C18H23NO2. The second kappa shape index (κ2) is 8.32. The third-order valence-electron chi connectivity index (χ3n) is 3.40. The highest BCUT2D eigenvalue weighted by Crippen LogP contribution is 2.17. The number of methoxy groups -OCH3 is 1. The van der Waals surface area contributed by atoms with E-state index in [1.54, 1.807) is 7.11 Å². The smallest absolute Gasteiger partial charge is 0.119 e. The third-order valence-corrected chi connectivity index (χ3v) is 3.40. The number of para-hydroxylation sites is 1. The van der Waals surface area contributed by atoms with Gasteiger partial charge in [0.25, 0.3) is 0 Å². The van der Waals surface area contributed by atoms with Gasteiger partial charge in [0, 0.05) is 6.04 Å². The summed E-state index contributed by atoms with van der Waals surface area (Å²) in [6.07, 6.45) is 0.982. The number of hydrogen-bond donors (Lipinski definition) is 1. The van der Waals surface area contributed by atoms with E-state index in [-0.39, 0.29) is 0 Å². The Morgan fingerprint density at radius 2 is 1.67 bits per heavy atom. The molecule has 1 atom stereocenters. The molecule has 2 aromatic carbocycles. The van der Waals surface area contributed by atoms with Crippen LogP contribution in [-0.2, 0) is 0 Å². The van der Waals surface area contributed by atoms with Crippen LogP contribution in [0.15, 0.2) is 54.6 Å². The maximum absolute atomic E-state index is 5.67. The van der Waals surface area contributed by atoms with Gasteiger partial charge in [-0.25, -0.2) is 0 Å². The van der Waals surface area contributed by atoms with E-state index in [1.165, 1.54) is 5.56 Å². The summed E-state index contributed by atoms with van der Waals surface area (Å²) >= 11 is 0. The minimum Gasteiger partial charge on any atom is -0.497 e. The summed E-state index contributed by atoms with van der Waals surface area (Å²) in [6, 6.07) is 18.4. The predicted octanol–water partition coefficient (Wildman–Crippen LogP) is 3.81. The molecule has 0 spiro atoms. The minimum absolute atomic E-state index is 0.327. The molecule has 0 radical (unpaired) electrons. The molecule has 0 aliphatic carbocycles. The van der Waals surface area contributed by atoms with Gasteiger partial charge in [-0.2, -0.15) is 0 Å². The lowest BCUT2D eigenvalue weighted by molar-refractivity contribution is 0.305. The Bertz CT molecular complexity index is 511. The van der Waals surface area contributed by atoms with E-state index < -0.39 is 0 Å². The van der Waals surface area contributed by atoms with Gasteiger partial charge < -0.3 is 14.8 Å². The van der Waals surface area contributed by atoms with Crippen LogP contribution in [0.4, 0.5) is 0 Å². The summed E-state index contributed by atoms with van der Waals surface area (Å²) in [5.74, 6) is 1.82. The normalized spacial score (nSPS) is 11.9. The Morgan fingerprint density at radius 3 is 2.33 bits per heavy atom. The second-order valence-corrected chi connectivity index (χ2v) is 4.96. The van der Waals surface area contributed by atoms with E-state index in [0.717, 1.165) is 31.1 Å². The molecule has 1 unspecified atom stereocenters. The van der Waals surface area contributed by atoms with Gasteiger partial charge in [0.2, 0.25) is 0 Å². The van der Waals surface area contributed by atoms with Gasteiger partial charge >= 0.3 is 0 Å². The lowest BCUT2D eigenvalue weighted by Gasteiger charge is -2.15. The van der Waals surface area contributed by atoms with Crippen LogP contribution in [-0.4, -0.2) is 20.3 Å². The molecular weight excluding hydrogens is 262 g/mol. The Kier molecular flexibility index (Phi) is 6.10. The standard InChI is InChI=1S/C18H23NO2/c1-15(16-9-11-17(20-2)12-10-16)19-13-6-14-21-18-7-4-3-5-8-18/h3-5,7-12,15,19H,6,13-14H2,1-2H3. The number of nitrogens with one attached hydrogen (secondary N) is 1. The molecule has 1 N–H and O–H groups in total. The molecule has 0 saturated heterocycles. The predicted molar refractivity (Wildman–Crippen MR) is 86.0 cm³/mol. The largest absolute Gasteiger partial charge is 0.497 e. The lowest BCUT2D eigenvalue weighted by atomic mass is 10.1. The highest BCUT2D eigenvalue weighted by molar-refractivity contribution is 5.28. The maximum Gasteiger partial charge on any atom is 0.119 e. The van der Waals surface area contributed by atoms with Crippen molar-refractivity contribution in [1.82, 2.24) is 5.32 Å². The van der Waals surface area contributed by atoms with Crippen molar-refractivity contribution in [2.75, 3.05) is 20.3 Å². The zero-order chi connectivity index (χ0) is 14.9. The van der Waals surface area contributed by atoms with Crippen LogP contribution in [0.3, 0.4) is 0 Å². The van der Waals surface area contributed by atoms with Crippen LogP contribution in [0.2, 0.25) is 0 Å². The third kappa shape index (κ3) is 5.12. The molecule has 0 heterocycles. The Morgan fingerprint density at radius 1 is 0.952 bits per heavy atom. The molecule has 0 fully saturated rings. The Hall–Kier alpha value is -2.00. The van der Waals surface area contributed by atoms with Crippen molar-refractivity contribution in [2.24, 2.45) is 0 Å². The van der Waals surface area contributed by atoms with Gasteiger partial charge in [0.15, 0.2) is 0 Å². The first-order chi connectivity index (χ1) is 10.3. The first kappa shape index (κ1) is 15.4. The van der Waals surface area contributed by atoms with Crippen molar-refractivity contribution in [3.05, 3.63) is 60.2 Å². The zero-order valence-corrected chi connectivity index (χ0v) is 12.7. The van der Waals surface area contributed by atoms with E-state index >= 15 is 0 Å². The second-order valence-electron chi connectivity index (χ2n) is 4.96. The van der Waals surface area contributed by atoms with Crippen LogP contribution in [0.5, 0.6) is 11.5 Å². The average Bonchev–Trinajstić information content (AvgIpc) is 2.55. The summed E-state index contributed by atoms with van der Waals surface area (Å²) in [5.41, 5.74) is 1.26. The van der Waals surface area contributed by atoms with Gasteiger partial charge in [-0.1, -0.05) is 30.3 Å². The van der Waals surface area contributed by atoms with Gasteiger partial charge in [-0.05, 0) is 49.7 Å². The van der Waals surface area contributed by atoms with E-state index in [4.69, 9.17) is 9.47 Å². The van der Waals surface area contributed by atoms with Crippen molar-refractivity contribution in [3.63, 3.8) is 0 Å². The first-order valence-corrected chi connectivity index (χ1v) is 7.35. The fourth-order valence-corrected chi connectivity index (χ4v) is 2.11. The van der Waals surface area contributed by atoms with Crippen molar-refractivity contribution in [1.29, 1.82) is 0 Å². The summed E-state index contributed by atoms with van der Waals surface area (Å²) in [5, 5.41) is 3.50. The van der Waals surface area contributed by atoms with Crippen LogP contribution in [0.25, 0.3) is 0 Å². The maximum atomic E-state index is 5.67. The molecule has 0 aliphatic heterocycles. The van der Waals surface area contributed by atoms with E-state index in [2.05, 4.69) is 24.4 Å². The van der Waals surface area contributed by atoms with E-state index in [0.29, 0.717) is 6.04 Å². The van der Waals surface area contributed by atoms with Crippen molar-refractivity contribution in [2.45, 2.75) is 19.4 Å². The van der Waals surface area contributed by atoms with Crippen molar-refractivity contribution in [3.8, 4) is 11.5 Å². The molecule has 3 heteroatoms. The topological polar surface area (TPSA) is 30.5 Å². The van der Waals surface area contributed by atoms with Gasteiger partial charge in [-0.3, -0.25) is 0 Å². The first-order valence-electron chi connectivity index (χ1n) is 7.35. The summed E-state index contributed by atoms with van der Waals surface area (Å²) in [7, 11) is 1.68. The van der Waals surface area contributed by atoms with Crippen LogP contribution in [0, 0.1) is 0 Å².